The number of rotatable bonds is 7. The van der Waals surface area contributed by atoms with Crippen LogP contribution in [0.3, 0.4) is 0 Å². The normalized spacial score (nSPS) is 17.3. The van der Waals surface area contributed by atoms with Gasteiger partial charge in [-0.05, 0) is 52.4 Å². The van der Waals surface area contributed by atoms with E-state index in [-0.39, 0.29) is 24.7 Å². The molecule has 0 aromatic rings. The molecule has 0 atom stereocenters. The van der Waals surface area contributed by atoms with Gasteiger partial charge in [0.05, 0.1) is 12.0 Å². The van der Waals surface area contributed by atoms with Gasteiger partial charge in [-0.3, -0.25) is 4.79 Å². The molecule has 1 amide bonds. The van der Waals surface area contributed by atoms with Crippen LogP contribution >= 0.6 is 0 Å². The molecule has 1 N–H and O–H groups in total. The lowest BCUT2D eigenvalue weighted by Crippen LogP contribution is -2.38. The Morgan fingerprint density at radius 2 is 1.81 bits per heavy atom. The van der Waals surface area contributed by atoms with Crippen molar-refractivity contribution >= 4 is 12.1 Å². The van der Waals surface area contributed by atoms with Gasteiger partial charge in [-0.25, -0.2) is 4.79 Å². The Bertz CT molecular complexity index is 359. The maximum atomic E-state index is 11.8. The van der Waals surface area contributed by atoms with Crippen LogP contribution in [0.5, 0.6) is 0 Å². The Morgan fingerprint density at radius 1 is 1.19 bits per heavy atom. The molecule has 1 aliphatic rings. The standard InChI is InChI=1S/C16H29NO4/c1-5-15(3,4)13(18)20-12-11-17-14(19)21-16(6-2)9-7-8-10-16/h5-12H2,1-4H3,(H,17,19). The Kier molecular flexibility index (Phi) is 6.49. The summed E-state index contributed by atoms with van der Waals surface area (Å²) in [7, 11) is 0. The van der Waals surface area contributed by atoms with Gasteiger partial charge in [0.15, 0.2) is 0 Å². The van der Waals surface area contributed by atoms with E-state index < -0.39 is 11.5 Å². The molecule has 5 heteroatoms. The Morgan fingerprint density at radius 3 is 2.33 bits per heavy atom. The second-order valence-electron chi connectivity index (χ2n) is 6.43. The molecular weight excluding hydrogens is 270 g/mol. The molecule has 0 saturated heterocycles. The number of esters is 1. The van der Waals surface area contributed by atoms with Crippen LogP contribution in [-0.2, 0) is 14.3 Å². The van der Waals surface area contributed by atoms with Crippen molar-refractivity contribution < 1.29 is 19.1 Å². The number of carbonyl (C=O) groups excluding carboxylic acids is 2. The second-order valence-corrected chi connectivity index (χ2v) is 6.43. The fourth-order valence-corrected chi connectivity index (χ4v) is 2.42. The van der Waals surface area contributed by atoms with Gasteiger partial charge in [0.25, 0.3) is 0 Å². The fourth-order valence-electron chi connectivity index (χ4n) is 2.42. The van der Waals surface area contributed by atoms with Crippen LogP contribution in [0.25, 0.3) is 0 Å². The van der Waals surface area contributed by atoms with Gasteiger partial charge in [-0.2, -0.15) is 0 Å². The minimum Gasteiger partial charge on any atom is -0.463 e. The maximum Gasteiger partial charge on any atom is 0.407 e. The van der Waals surface area contributed by atoms with Crippen LogP contribution in [-0.4, -0.2) is 30.8 Å². The van der Waals surface area contributed by atoms with Crippen molar-refractivity contribution in [2.45, 2.75) is 71.8 Å². The largest absolute Gasteiger partial charge is 0.463 e. The molecule has 0 aliphatic heterocycles. The summed E-state index contributed by atoms with van der Waals surface area (Å²) in [5.74, 6) is -0.235. The zero-order valence-corrected chi connectivity index (χ0v) is 13.8. The van der Waals surface area contributed by atoms with E-state index in [9.17, 15) is 9.59 Å². The van der Waals surface area contributed by atoms with E-state index in [1.165, 1.54) is 0 Å². The molecule has 0 radical (unpaired) electrons. The number of hydrogen-bond acceptors (Lipinski definition) is 4. The molecule has 21 heavy (non-hydrogen) atoms. The molecule has 0 spiro atoms. The van der Waals surface area contributed by atoms with Crippen molar-refractivity contribution in [2.24, 2.45) is 5.41 Å². The molecule has 0 bridgehead atoms. The van der Waals surface area contributed by atoms with Crippen molar-refractivity contribution in [3.05, 3.63) is 0 Å². The highest BCUT2D eigenvalue weighted by Gasteiger charge is 2.35. The Labute approximate surface area is 127 Å². The summed E-state index contributed by atoms with van der Waals surface area (Å²) in [6.07, 6.45) is 5.27. The average Bonchev–Trinajstić information content (AvgIpc) is 2.92. The molecule has 1 fully saturated rings. The lowest BCUT2D eigenvalue weighted by atomic mass is 9.91. The van der Waals surface area contributed by atoms with E-state index in [0.29, 0.717) is 0 Å². The summed E-state index contributed by atoms with van der Waals surface area (Å²) in [6, 6.07) is 0. The number of nitrogens with one attached hydrogen (secondary N) is 1. The SMILES string of the molecule is CCC1(OC(=O)NCCOC(=O)C(C)(C)CC)CCCC1. The minimum atomic E-state index is -0.476. The third-order valence-corrected chi connectivity index (χ3v) is 4.51. The highest BCUT2D eigenvalue weighted by molar-refractivity contribution is 5.75. The van der Waals surface area contributed by atoms with Gasteiger partial charge in [0.2, 0.25) is 0 Å². The van der Waals surface area contributed by atoms with Crippen LogP contribution in [0, 0.1) is 5.41 Å². The van der Waals surface area contributed by atoms with E-state index in [1.807, 2.05) is 27.7 Å². The summed E-state index contributed by atoms with van der Waals surface area (Å²) in [5.41, 5.74) is -0.762. The smallest absolute Gasteiger partial charge is 0.407 e. The Balaban J connectivity index is 2.24. The van der Waals surface area contributed by atoms with Crippen LogP contribution in [0.4, 0.5) is 4.79 Å². The van der Waals surface area contributed by atoms with Crippen LogP contribution in [0.1, 0.15) is 66.2 Å². The molecule has 122 valence electrons. The number of ether oxygens (including phenoxy) is 2. The van der Waals surface area contributed by atoms with Crippen molar-refractivity contribution in [1.82, 2.24) is 5.32 Å². The topological polar surface area (TPSA) is 64.6 Å². The molecule has 0 unspecified atom stereocenters. The number of amides is 1. The molecule has 0 heterocycles. The van der Waals surface area contributed by atoms with E-state index in [0.717, 1.165) is 38.5 Å². The lowest BCUT2D eigenvalue weighted by Gasteiger charge is -2.27. The number of hydrogen-bond donors (Lipinski definition) is 1. The number of carbonyl (C=O) groups is 2. The van der Waals surface area contributed by atoms with Gasteiger partial charge in [-0.1, -0.05) is 13.8 Å². The van der Waals surface area contributed by atoms with E-state index in [1.54, 1.807) is 0 Å². The van der Waals surface area contributed by atoms with Gasteiger partial charge < -0.3 is 14.8 Å². The first kappa shape index (κ1) is 17.8. The van der Waals surface area contributed by atoms with E-state index in [2.05, 4.69) is 5.32 Å². The summed E-state index contributed by atoms with van der Waals surface area (Å²) < 4.78 is 10.7. The average molecular weight is 299 g/mol. The highest BCUT2D eigenvalue weighted by atomic mass is 16.6. The summed E-state index contributed by atoms with van der Waals surface area (Å²) in [5, 5.41) is 2.66. The predicted octanol–water partition coefficient (Wildman–Crippen LogP) is 3.41. The van der Waals surface area contributed by atoms with Crippen molar-refractivity contribution in [2.75, 3.05) is 13.2 Å². The van der Waals surface area contributed by atoms with Crippen LogP contribution in [0.15, 0.2) is 0 Å². The van der Waals surface area contributed by atoms with E-state index >= 15 is 0 Å². The van der Waals surface area contributed by atoms with E-state index in [4.69, 9.17) is 9.47 Å². The first-order valence-electron chi connectivity index (χ1n) is 7.99. The molecule has 5 nitrogen and oxygen atoms in total. The van der Waals surface area contributed by atoms with Gasteiger partial charge in [-0.15, -0.1) is 0 Å². The third kappa shape index (κ3) is 5.21. The second kappa shape index (κ2) is 7.66. The quantitative estimate of drug-likeness (QED) is 0.578. The van der Waals surface area contributed by atoms with Crippen molar-refractivity contribution in [3.63, 3.8) is 0 Å². The van der Waals surface area contributed by atoms with Crippen LogP contribution < -0.4 is 5.32 Å². The van der Waals surface area contributed by atoms with Crippen molar-refractivity contribution in [1.29, 1.82) is 0 Å². The predicted molar refractivity (Wildman–Crippen MR) is 81.0 cm³/mol. The zero-order valence-electron chi connectivity index (χ0n) is 13.8. The summed E-state index contributed by atoms with van der Waals surface area (Å²) in [4.78, 5) is 23.5. The molecule has 0 aromatic heterocycles. The highest BCUT2D eigenvalue weighted by Crippen LogP contribution is 2.35. The lowest BCUT2D eigenvalue weighted by molar-refractivity contribution is -0.153. The fraction of sp³-hybridized carbons (Fsp3) is 0.875. The monoisotopic (exact) mass is 299 g/mol. The van der Waals surface area contributed by atoms with Crippen molar-refractivity contribution in [3.8, 4) is 0 Å². The summed E-state index contributed by atoms with van der Waals surface area (Å²) in [6.45, 7) is 8.15. The summed E-state index contributed by atoms with van der Waals surface area (Å²) >= 11 is 0. The zero-order chi connectivity index (χ0) is 15.9. The molecule has 1 aliphatic carbocycles. The minimum absolute atomic E-state index is 0.177. The molecular formula is C16H29NO4. The third-order valence-electron chi connectivity index (χ3n) is 4.51. The Hall–Kier alpha value is -1.26. The number of alkyl carbamates (subject to hydrolysis) is 1. The van der Waals surface area contributed by atoms with Gasteiger partial charge in [0.1, 0.15) is 12.2 Å². The first-order valence-corrected chi connectivity index (χ1v) is 7.99. The maximum absolute atomic E-state index is 11.8. The molecule has 1 rings (SSSR count). The van der Waals surface area contributed by atoms with Crippen LogP contribution in [0.2, 0.25) is 0 Å². The van der Waals surface area contributed by atoms with Gasteiger partial charge in [0, 0.05) is 0 Å². The van der Waals surface area contributed by atoms with Gasteiger partial charge >= 0.3 is 12.1 Å². The molecule has 0 aromatic carbocycles. The molecule has 1 saturated carbocycles. The first-order chi connectivity index (χ1) is 9.85.